The van der Waals surface area contributed by atoms with Crippen LogP contribution in [0.1, 0.15) is 24.2 Å². The van der Waals surface area contributed by atoms with Gasteiger partial charge in [-0.3, -0.25) is 9.59 Å². The molecule has 0 aliphatic rings. The molecule has 1 aromatic heterocycles. The van der Waals surface area contributed by atoms with E-state index in [2.05, 4.69) is 4.99 Å². The Morgan fingerprint density at radius 3 is 2.38 bits per heavy atom. The summed E-state index contributed by atoms with van der Waals surface area (Å²) in [6.07, 6.45) is 0. The van der Waals surface area contributed by atoms with Gasteiger partial charge in [-0.15, -0.1) is 0 Å². The van der Waals surface area contributed by atoms with Gasteiger partial charge >= 0.3 is 5.97 Å². The van der Waals surface area contributed by atoms with Crippen LogP contribution in [-0.2, 0) is 16.1 Å². The molecule has 0 radical (unpaired) electrons. The molecule has 34 heavy (non-hydrogen) atoms. The Morgan fingerprint density at radius 2 is 1.62 bits per heavy atom. The Balaban J connectivity index is 1.80. The molecule has 0 spiro atoms. The number of thiazole rings is 1. The normalized spacial score (nSPS) is 11.4. The fourth-order valence-corrected chi connectivity index (χ4v) is 4.48. The summed E-state index contributed by atoms with van der Waals surface area (Å²) in [5.74, 6) is 0.727. The lowest BCUT2D eigenvalue weighted by molar-refractivity contribution is -0.143. The van der Waals surface area contributed by atoms with E-state index in [1.54, 1.807) is 35.8 Å². The lowest BCUT2D eigenvalue weighted by Gasteiger charge is -2.10. The Hall–Kier alpha value is -3.91. The zero-order valence-electron chi connectivity index (χ0n) is 18.9. The van der Waals surface area contributed by atoms with E-state index in [0.29, 0.717) is 39.7 Å². The number of hydrogen-bond donors (Lipinski definition) is 0. The van der Waals surface area contributed by atoms with Crippen LogP contribution in [0.5, 0.6) is 17.2 Å². The van der Waals surface area contributed by atoms with Crippen molar-refractivity contribution in [3.05, 3.63) is 83.2 Å². The number of carbonyl (C=O) groups is 2. The molecule has 8 heteroatoms. The van der Waals surface area contributed by atoms with E-state index < -0.39 is 11.9 Å². The summed E-state index contributed by atoms with van der Waals surface area (Å²) in [5, 5.41) is 0. The van der Waals surface area contributed by atoms with E-state index in [1.807, 2.05) is 55.5 Å². The Kier molecular flexibility index (Phi) is 7.39. The predicted octanol–water partition coefficient (Wildman–Crippen LogP) is 5.20. The van der Waals surface area contributed by atoms with Crippen LogP contribution in [0.15, 0.2) is 77.8 Å². The van der Waals surface area contributed by atoms with Crippen molar-refractivity contribution in [1.82, 2.24) is 4.57 Å². The molecule has 0 bridgehead atoms. The molecule has 1 heterocycles. The number of carbonyl (C=O) groups excluding carboxylic acids is 2. The third-order valence-corrected chi connectivity index (χ3v) is 5.89. The number of aromatic nitrogens is 1. The smallest absolute Gasteiger partial charge is 0.326 e. The summed E-state index contributed by atoms with van der Waals surface area (Å²) in [6, 6.07) is 21.8. The summed E-state index contributed by atoms with van der Waals surface area (Å²) < 4.78 is 19.4. The number of benzene rings is 3. The minimum absolute atomic E-state index is 0.0911. The van der Waals surface area contributed by atoms with Gasteiger partial charge < -0.3 is 18.8 Å². The number of fused-ring (bicyclic) bond motifs is 1. The predicted molar refractivity (Wildman–Crippen MR) is 130 cm³/mol. The van der Waals surface area contributed by atoms with Crippen molar-refractivity contribution < 1.29 is 23.8 Å². The fraction of sp³-hybridized carbons (Fsp3) is 0.192. The van der Waals surface area contributed by atoms with Crippen molar-refractivity contribution >= 4 is 33.4 Å². The first kappa shape index (κ1) is 23.3. The maximum atomic E-state index is 13.3. The standard InChI is InChI=1S/C26H24N2O5S/c1-3-31-21-15-10-16-22-24(21)28(17-23(29)32-4-2)26(34-22)27-25(30)19-13-8-9-14-20(19)33-18-11-6-5-7-12-18/h5-16H,3-4,17H2,1-2H3. The van der Waals surface area contributed by atoms with Crippen molar-refractivity contribution in [1.29, 1.82) is 0 Å². The van der Waals surface area contributed by atoms with Crippen molar-refractivity contribution in [3.63, 3.8) is 0 Å². The average Bonchev–Trinajstić information content (AvgIpc) is 3.18. The van der Waals surface area contributed by atoms with Gasteiger partial charge in [0.25, 0.3) is 5.91 Å². The van der Waals surface area contributed by atoms with E-state index >= 15 is 0 Å². The first-order valence-corrected chi connectivity index (χ1v) is 11.7. The summed E-state index contributed by atoms with van der Waals surface area (Å²) in [6.45, 7) is 4.27. The van der Waals surface area contributed by atoms with Crippen LogP contribution in [-0.4, -0.2) is 29.7 Å². The molecule has 4 aromatic rings. The van der Waals surface area contributed by atoms with E-state index in [9.17, 15) is 9.59 Å². The highest BCUT2D eigenvalue weighted by Gasteiger charge is 2.18. The molecular formula is C26H24N2O5S. The van der Waals surface area contributed by atoms with Gasteiger partial charge in [-0.25, -0.2) is 0 Å². The average molecular weight is 477 g/mol. The van der Waals surface area contributed by atoms with Crippen molar-refractivity contribution in [2.45, 2.75) is 20.4 Å². The molecule has 0 saturated heterocycles. The molecule has 1 amide bonds. The van der Waals surface area contributed by atoms with Crippen molar-refractivity contribution in [3.8, 4) is 17.2 Å². The Morgan fingerprint density at radius 1 is 0.882 bits per heavy atom. The second-order valence-electron chi connectivity index (χ2n) is 7.14. The number of rotatable bonds is 8. The van der Waals surface area contributed by atoms with Crippen LogP contribution in [0.4, 0.5) is 0 Å². The van der Waals surface area contributed by atoms with Crippen LogP contribution < -0.4 is 14.3 Å². The summed E-state index contributed by atoms with van der Waals surface area (Å²) in [7, 11) is 0. The molecule has 0 atom stereocenters. The molecule has 7 nitrogen and oxygen atoms in total. The molecule has 0 aliphatic carbocycles. The number of para-hydroxylation sites is 3. The Labute approximate surface area is 200 Å². The second-order valence-corrected chi connectivity index (χ2v) is 8.15. The molecule has 174 valence electrons. The number of nitrogens with zero attached hydrogens (tertiary/aromatic N) is 2. The number of ether oxygens (including phenoxy) is 3. The first-order chi connectivity index (χ1) is 16.6. The Bertz CT molecular complexity index is 1370. The molecule has 4 rings (SSSR count). The van der Waals surface area contributed by atoms with Gasteiger partial charge in [-0.2, -0.15) is 4.99 Å². The van der Waals surface area contributed by atoms with Crippen LogP contribution >= 0.6 is 11.3 Å². The van der Waals surface area contributed by atoms with Crippen LogP contribution in [0.3, 0.4) is 0 Å². The number of amides is 1. The van der Waals surface area contributed by atoms with Gasteiger partial charge in [0, 0.05) is 0 Å². The van der Waals surface area contributed by atoms with Gasteiger partial charge in [0.2, 0.25) is 0 Å². The van der Waals surface area contributed by atoms with Crippen molar-refractivity contribution in [2.75, 3.05) is 13.2 Å². The molecule has 3 aromatic carbocycles. The van der Waals surface area contributed by atoms with Crippen molar-refractivity contribution in [2.24, 2.45) is 4.99 Å². The van der Waals surface area contributed by atoms with Crippen LogP contribution in [0.25, 0.3) is 10.2 Å². The zero-order chi connectivity index (χ0) is 23.9. The third-order valence-electron chi connectivity index (χ3n) is 4.84. The minimum Gasteiger partial charge on any atom is -0.492 e. The van der Waals surface area contributed by atoms with Gasteiger partial charge in [0.15, 0.2) is 4.80 Å². The monoisotopic (exact) mass is 476 g/mol. The number of esters is 1. The van der Waals surface area contributed by atoms with E-state index in [-0.39, 0.29) is 13.2 Å². The lowest BCUT2D eigenvalue weighted by atomic mass is 10.2. The first-order valence-electron chi connectivity index (χ1n) is 10.9. The van der Waals surface area contributed by atoms with E-state index in [1.165, 1.54) is 11.3 Å². The summed E-state index contributed by atoms with van der Waals surface area (Å²) >= 11 is 1.30. The maximum Gasteiger partial charge on any atom is 0.326 e. The van der Waals surface area contributed by atoms with Crippen LogP contribution in [0.2, 0.25) is 0 Å². The molecule has 0 saturated carbocycles. The van der Waals surface area contributed by atoms with Gasteiger partial charge in [0.1, 0.15) is 29.3 Å². The third kappa shape index (κ3) is 5.18. The lowest BCUT2D eigenvalue weighted by Crippen LogP contribution is -2.23. The highest BCUT2D eigenvalue weighted by atomic mass is 32.1. The molecular weight excluding hydrogens is 452 g/mol. The SMILES string of the molecule is CCOC(=O)Cn1c(=NC(=O)c2ccccc2Oc2ccccc2)sc2cccc(OCC)c21. The number of hydrogen-bond acceptors (Lipinski definition) is 6. The molecule has 0 aliphatic heterocycles. The highest BCUT2D eigenvalue weighted by Crippen LogP contribution is 2.29. The minimum atomic E-state index is -0.478. The fourth-order valence-electron chi connectivity index (χ4n) is 3.43. The van der Waals surface area contributed by atoms with E-state index in [0.717, 1.165) is 4.70 Å². The van der Waals surface area contributed by atoms with Crippen LogP contribution in [0, 0.1) is 0 Å². The zero-order valence-corrected chi connectivity index (χ0v) is 19.7. The summed E-state index contributed by atoms with van der Waals surface area (Å²) in [5.41, 5.74) is 1.01. The topological polar surface area (TPSA) is 79.1 Å². The largest absolute Gasteiger partial charge is 0.492 e. The van der Waals surface area contributed by atoms with Gasteiger partial charge in [-0.05, 0) is 50.2 Å². The van der Waals surface area contributed by atoms with Gasteiger partial charge in [-0.1, -0.05) is 47.7 Å². The molecule has 0 unspecified atom stereocenters. The second kappa shape index (κ2) is 10.8. The highest BCUT2D eigenvalue weighted by molar-refractivity contribution is 7.16. The maximum absolute atomic E-state index is 13.3. The quantitative estimate of drug-likeness (QED) is 0.327. The molecule has 0 fully saturated rings. The van der Waals surface area contributed by atoms with E-state index in [4.69, 9.17) is 14.2 Å². The molecule has 0 N–H and O–H groups in total. The summed E-state index contributed by atoms with van der Waals surface area (Å²) in [4.78, 5) is 30.4. The van der Waals surface area contributed by atoms with Gasteiger partial charge in [0.05, 0.1) is 23.5 Å².